The number of ether oxygens (including phenoxy) is 1. The second-order valence-electron chi connectivity index (χ2n) is 5.92. The molecule has 2 rings (SSSR count). The van der Waals surface area contributed by atoms with Crippen molar-refractivity contribution >= 4 is 28.1 Å². The summed E-state index contributed by atoms with van der Waals surface area (Å²) in [5, 5.41) is 3.82. The Balaban J connectivity index is 1.95. The zero-order valence-corrected chi connectivity index (χ0v) is 16.3. The molecule has 1 N–H and O–H groups in total. The van der Waals surface area contributed by atoms with E-state index in [-0.39, 0.29) is 13.1 Å². The van der Waals surface area contributed by atoms with Crippen LogP contribution in [0.3, 0.4) is 0 Å². The number of amides is 1. The molecule has 0 saturated carbocycles. The average Bonchev–Trinajstić information content (AvgIpc) is 2.67. The fourth-order valence-electron chi connectivity index (χ4n) is 2.27. The van der Waals surface area contributed by atoms with Crippen LogP contribution >= 0.6 is 0 Å². The Morgan fingerprint density at radius 2 is 1.75 bits per heavy atom. The van der Waals surface area contributed by atoms with Crippen molar-refractivity contribution < 1.29 is 22.7 Å². The molecule has 0 saturated heterocycles. The Hall–Kier alpha value is -3.04. The molecule has 1 amide bonds. The molecule has 9 heteroatoms. The highest BCUT2D eigenvalue weighted by Gasteiger charge is 2.20. The van der Waals surface area contributed by atoms with E-state index in [1.54, 1.807) is 48.5 Å². The third kappa shape index (κ3) is 6.60. The third-order valence-electron chi connectivity index (χ3n) is 3.73. The summed E-state index contributed by atoms with van der Waals surface area (Å²) in [4.78, 5) is 23.4. The quantitative estimate of drug-likeness (QED) is 0.407. The van der Waals surface area contributed by atoms with Crippen LogP contribution in [0.4, 0.5) is 0 Å². The zero-order chi connectivity index (χ0) is 20.6. The maximum absolute atomic E-state index is 12.1. The number of nitrogens with zero attached hydrogens (tertiary/aromatic N) is 2. The van der Waals surface area contributed by atoms with Crippen molar-refractivity contribution in [2.45, 2.75) is 6.54 Å². The standard InChI is InChI=1S/C19H21N3O5S/c1-27-19(24)17-10-8-15(9-11-17)12-20-21-18(23)14-22(28(2,25)26)13-16-6-4-3-5-7-16/h3-12H,13-14H2,1-2H3,(H,21,23)/b20-12-. The van der Waals surface area contributed by atoms with Gasteiger partial charge in [0.25, 0.3) is 5.91 Å². The highest BCUT2D eigenvalue weighted by Crippen LogP contribution is 2.08. The lowest BCUT2D eigenvalue weighted by atomic mass is 10.1. The molecule has 0 bridgehead atoms. The Labute approximate surface area is 163 Å². The molecule has 0 aliphatic heterocycles. The first-order valence-corrected chi connectivity index (χ1v) is 10.1. The lowest BCUT2D eigenvalue weighted by Crippen LogP contribution is -2.38. The number of hydrogen-bond acceptors (Lipinski definition) is 6. The van der Waals surface area contributed by atoms with E-state index in [0.717, 1.165) is 16.1 Å². The van der Waals surface area contributed by atoms with Gasteiger partial charge in [0.2, 0.25) is 10.0 Å². The minimum Gasteiger partial charge on any atom is -0.465 e. The van der Waals surface area contributed by atoms with Gasteiger partial charge in [-0.15, -0.1) is 0 Å². The van der Waals surface area contributed by atoms with Crippen LogP contribution in [0.5, 0.6) is 0 Å². The van der Waals surface area contributed by atoms with Crippen molar-refractivity contribution in [1.29, 1.82) is 0 Å². The first kappa shape index (κ1) is 21.3. The highest BCUT2D eigenvalue weighted by atomic mass is 32.2. The van der Waals surface area contributed by atoms with Crippen LogP contribution in [0.15, 0.2) is 59.7 Å². The van der Waals surface area contributed by atoms with E-state index in [1.165, 1.54) is 13.3 Å². The molecule has 0 fully saturated rings. The summed E-state index contributed by atoms with van der Waals surface area (Å²) in [5.41, 5.74) is 4.12. The topological polar surface area (TPSA) is 105 Å². The minimum absolute atomic E-state index is 0.0891. The lowest BCUT2D eigenvalue weighted by Gasteiger charge is -2.18. The van der Waals surface area contributed by atoms with Crippen molar-refractivity contribution in [1.82, 2.24) is 9.73 Å². The predicted octanol–water partition coefficient (Wildman–Crippen LogP) is 1.39. The van der Waals surface area contributed by atoms with Gasteiger partial charge >= 0.3 is 5.97 Å². The van der Waals surface area contributed by atoms with E-state index in [4.69, 9.17) is 0 Å². The van der Waals surface area contributed by atoms with E-state index in [1.807, 2.05) is 6.07 Å². The molecule has 2 aromatic rings. The number of esters is 1. The number of carbonyl (C=O) groups excluding carboxylic acids is 2. The fraction of sp³-hybridized carbons (Fsp3) is 0.211. The Bertz CT molecular complexity index is 941. The summed E-state index contributed by atoms with van der Waals surface area (Å²) in [6.07, 6.45) is 2.44. The minimum atomic E-state index is -3.57. The van der Waals surface area contributed by atoms with Crippen LogP contribution < -0.4 is 5.43 Å². The number of rotatable bonds is 8. The maximum Gasteiger partial charge on any atom is 0.337 e. The number of sulfonamides is 1. The van der Waals surface area contributed by atoms with E-state index in [9.17, 15) is 18.0 Å². The summed E-state index contributed by atoms with van der Waals surface area (Å²) < 4.78 is 29.6. The number of benzene rings is 2. The largest absolute Gasteiger partial charge is 0.465 e. The number of methoxy groups -OCH3 is 1. The summed E-state index contributed by atoms with van der Waals surface area (Å²) in [5.74, 6) is -1.01. The zero-order valence-electron chi connectivity index (χ0n) is 15.5. The summed E-state index contributed by atoms with van der Waals surface area (Å²) >= 11 is 0. The molecule has 0 heterocycles. The smallest absolute Gasteiger partial charge is 0.337 e. The molecule has 0 spiro atoms. The molecule has 0 aliphatic rings. The van der Waals surface area contributed by atoms with Gasteiger partial charge in [0.1, 0.15) is 0 Å². The van der Waals surface area contributed by atoms with E-state index in [2.05, 4.69) is 15.3 Å². The number of nitrogens with one attached hydrogen (secondary N) is 1. The van der Waals surface area contributed by atoms with Gasteiger partial charge in [0.15, 0.2) is 0 Å². The van der Waals surface area contributed by atoms with Gasteiger partial charge in [-0.2, -0.15) is 9.41 Å². The molecular formula is C19H21N3O5S. The lowest BCUT2D eigenvalue weighted by molar-refractivity contribution is -0.121. The van der Waals surface area contributed by atoms with Crippen molar-refractivity contribution in [2.24, 2.45) is 5.10 Å². The Kier molecular flexibility index (Phi) is 7.42. The number of hydrazone groups is 1. The third-order valence-corrected chi connectivity index (χ3v) is 4.92. The second-order valence-corrected chi connectivity index (χ2v) is 7.91. The summed E-state index contributed by atoms with van der Waals surface area (Å²) in [6.45, 7) is -0.266. The van der Waals surface area contributed by atoms with E-state index >= 15 is 0 Å². The normalized spacial score (nSPS) is 11.5. The molecule has 0 unspecified atom stereocenters. The average molecular weight is 403 g/mol. The van der Waals surface area contributed by atoms with Gasteiger partial charge in [0.05, 0.1) is 31.7 Å². The van der Waals surface area contributed by atoms with Gasteiger partial charge in [-0.3, -0.25) is 4.79 Å². The first-order chi connectivity index (χ1) is 13.3. The summed E-state index contributed by atoms with van der Waals surface area (Å²) in [7, 11) is -2.28. The Morgan fingerprint density at radius 1 is 1.11 bits per heavy atom. The van der Waals surface area contributed by atoms with Gasteiger partial charge < -0.3 is 4.74 Å². The molecule has 148 valence electrons. The molecular weight excluding hydrogens is 382 g/mol. The number of carbonyl (C=O) groups is 2. The van der Waals surface area contributed by atoms with Gasteiger partial charge in [-0.1, -0.05) is 42.5 Å². The first-order valence-electron chi connectivity index (χ1n) is 8.29. The molecule has 28 heavy (non-hydrogen) atoms. The van der Waals surface area contributed by atoms with Crippen LogP contribution in [0.2, 0.25) is 0 Å². The number of hydrogen-bond donors (Lipinski definition) is 1. The molecule has 0 aromatic heterocycles. The van der Waals surface area contributed by atoms with E-state index in [0.29, 0.717) is 11.1 Å². The predicted molar refractivity (Wildman–Crippen MR) is 105 cm³/mol. The van der Waals surface area contributed by atoms with Crippen LogP contribution in [0.1, 0.15) is 21.5 Å². The molecule has 2 aromatic carbocycles. The molecule has 0 radical (unpaired) electrons. The van der Waals surface area contributed by atoms with Crippen molar-refractivity contribution in [2.75, 3.05) is 19.9 Å². The van der Waals surface area contributed by atoms with Crippen LogP contribution in [-0.2, 0) is 26.1 Å². The molecule has 0 atom stereocenters. The highest BCUT2D eigenvalue weighted by molar-refractivity contribution is 7.88. The SMILES string of the molecule is COC(=O)c1ccc(/C=N\NC(=O)CN(Cc2ccccc2)S(C)(=O)=O)cc1. The van der Waals surface area contributed by atoms with Crippen molar-refractivity contribution in [3.63, 3.8) is 0 Å². The van der Waals surface area contributed by atoms with Crippen LogP contribution in [0, 0.1) is 0 Å². The van der Waals surface area contributed by atoms with Crippen molar-refractivity contribution in [3.8, 4) is 0 Å². The van der Waals surface area contributed by atoms with E-state index < -0.39 is 21.9 Å². The van der Waals surface area contributed by atoms with Crippen molar-refractivity contribution in [3.05, 3.63) is 71.3 Å². The van der Waals surface area contributed by atoms with Crippen LogP contribution in [-0.4, -0.2) is 50.7 Å². The Morgan fingerprint density at radius 3 is 2.32 bits per heavy atom. The summed E-state index contributed by atoms with van der Waals surface area (Å²) in [6, 6.07) is 15.4. The van der Waals surface area contributed by atoms with Gasteiger partial charge in [-0.25, -0.2) is 18.6 Å². The van der Waals surface area contributed by atoms with Crippen LogP contribution in [0.25, 0.3) is 0 Å². The molecule has 0 aliphatic carbocycles. The monoisotopic (exact) mass is 403 g/mol. The van der Waals surface area contributed by atoms with Gasteiger partial charge in [0, 0.05) is 6.54 Å². The fourth-order valence-corrected chi connectivity index (χ4v) is 3.01. The van der Waals surface area contributed by atoms with Gasteiger partial charge in [-0.05, 0) is 23.3 Å². The molecule has 8 nitrogen and oxygen atoms in total. The maximum atomic E-state index is 12.1. The second kappa shape index (κ2) is 9.77.